The molecule has 6 unspecified atom stereocenters. The summed E-state index contributed by atoms with van der Waals surface area (Å²) in [6, 6.07) is 0. The fourth-order valence-electron chi connectivity index (χ4n) is 4.94. The van der Waals surface area contributed by atoms with Crippen LogP contribution in [0.25, 0.3) is 0 Å². The molecule has 6 nitrogen and oxygen atoms in total. The van der Waals surface area contributed by atoms with Gasteiger partial charge in [0.2, 0.25) is 0 Å². The first-order chi connectivity index (χ1) is 13.5. The van der Waals surface area contributed by atoms with Gasteiger partial charge in [-0.25, -0.2) is 4.39 Å². The fourth-order valence-corrected chi connectivity index (χ4v) is 5.29. The summed E-state index contributed by atoms with van der Waals surface area (Å²) >= 11 is 6.57. The molecule has 0 aromatic carbocycles. The van der Waals surface area contributed by atoms with E-state index < -0.39 is 11.6 Å². The van der Waals surface area contributed by atoms with Crippen molar-refractivity contribution < 1.29 is 9.18 Å². The van der Waals surface area contributed by atoms with Crippen LogP contribution in [0.2, 0.25) is 0 Å². The van der Waals surface area contributed by atoms with Crippen molar-refractivity contribution in [2.24, 2.45) is 17.8 Å². The highest BCUT2D eigenvalue weighted by atomic mass is 35.5. The highest BCUT2D eigenvalue weighted by Gasteiger charge is 2.51. The van der Waals surface area contributed by atoms with Gasteiger partial charge >= 0.3 is 0 Å². The van der Waals surface area contributed by atoms with Gasteiger partial charge in [0.15, 0.2) is 5.67 Å². The summed E-state index contributed by atoms with van der Waals surface area (Å²) in [7, 11) is 0. The van der Waals surface area contributed by atoms with Crippen molar-refractivity contribution >= 4 is 17.5 Å². The van der Waals surface area contributed by atoms with Crippen molar-refractivity contribution in [3.63, 3.8) is 0 Å². The Balaban J connectivity index is 1.38. The lowest BCUT2D eigenvalue weighted by Crippen LogP contribution is -2.69. The van der Waals surface area contributed by atoms with Crippen LogP contribution in [-0.4, -0.2) is 73.5 Å². The largest absolute Gasteiger partial charge is 0.353 e. The molecule has 2 aliphatic carbocycles. The van der Waals surface area contributed by atoms with Gasteiger partial charge < -0.3 is 16.0 Å². The number of carbonyl (C=O) groups excluding carboxylic acids is 1. The smallest absolute Gasteiger partial charge is 0.257 e. The number of carbonyl (C=O) groups is 1. The molecule has 0 aromatic rings. The number of hydrogen-bond acceptors (Lipinski definition) is 5. The minimum atomic E-state index is -1.60. The molecule has 2 aliphatic heterocycles. The highest BCUT2D eigenvalue weighted by molar-refractivity contribution is 6.20. The number of alkyl halides is 2. The molecule has 0 aromatic heterocycles. The van der Waals surface area contributed by atoms with Crippen molar-refractivity contribution in [3.05, 3.63) is 0 Å². The summed E-state index contributed by atoms with van der Waals surface area (Å²) in [4.78, 5) is 14.5. The standard InChI is InChI=1S/C20H35ClFN5O/c1-13-2-3-14(10-16(13)21)17-24-11-15(12-25-19(28)20(22)4-5-20)18(26-17)27-8-6-23-7-9-27/h13-18,23-24,26H,2-12H2,1H3,(H,25,28). The number of nitrogens with one attached hydrogen (secondary N) is 4. The van der Waals surface area contributed by atoms with E-state index in [1.54, 1.807) is 0 Å². The molecule has 28 heavy (non-hydrogen) atoms. The van der Waals surface area contributed by atoms with E-state index in [4.69, 9.17) is 11.6 Å². The third-order valence-corrected chi connectivity index (χ3v) is 7.78. The van der Waals surface area contributed by atoms with Crippen molar-refractivity contribution in [2.75, 3.05) is 39.3 Å². The molecule has 8 heteroatoms. The molecular weight excluding hydrogens is 381 g/mol. The molecule has 4 N–H and O–H groups in total. The van der Waals surface area contributed by atoms with E-state index >= 15 is 0 Å². The first kappa shape index (κ1) is 20.8. The maximum absolute atomic E-state index is 14.0. The Morgan fingerprint density at radius 3 is 2.71 bits per heavy atom. The lowest BCUT2D eigenvalue weighted by Gasteiger charge is -2.48. The monoisotopic (exact) mass is 415 g/mol. The molecular formula is C20H35ClFN5O. The summed E-state index contributed by atoms with van der Waals surface area (Å²) < 4.78 is 14.0. The lowest BCUT2D eigenvalue weighted by molar-refractivity contribution is -0.127. The van der Waals surface area contributed by atoms with E-state index in [1.807, 2.05) is 0 Å². The van der Waals surface area contributed by atoms with E-state index in [1.165, 1.54) is 12.8 Å². The zero-order valence-corrected chi connectivity index (χ0v) is 17.6. The van der Waals surface area contributed by atoms with Gasteiger partial charge in [-0.1, -0.05) is 6.92 Å². The maximum Gasteiger partial charge on any atom is 0.257 e. The van der Waals surface area contributed by atoms with Gasteiger partial charge in [-0.05, 0) is 43.9 Å². The summed E-state index contributed by atoms with van der Waals surface area (Å²) in [5.74, 6) is 0.902. The number of amides is 1. The maximum atomic E-state index is 14.0. The van der Waals surface area contributed by atoms with Crippen LogP contribution < -0.4 is 21.3 Å². The van der Waals surface area contributed by atoms with Crippen LogP contribution in [0, 0.1) is 17.8 Å². The molecule has 2 saturated heterocycles. The van der Waals surface area contributed by atoms with Crippen molar-refractivity contribution in [1.29, 1.82) is 0 Å². The first-order valence-electron chi connectivity index (χ1n) is 11.0. The minimum Gasteiger partial charge on any atom is -0.353 e. The SMILES string of the molecule is CC1CCC(C2NCC(CNC(=O)C3(F)CC3)C(N3CCNCC3)N2)CC1Cl. The average Bonchev–Trinajstić information content (AvgIpc) is 3.47. The second-order valence-electron chi connectivity index (χ2n) is 9.29. The summed E-state index contributed by atoms with van der Waals surface area (Å²) in [5.41, 5.74) is -1.60. The Kier molecular flexibility index (Phi) is 6.47. The molecule has 2 saturated carbocycles. The van der Waals surface area contributed by atoms with E-state index in [2.05, 4.69) is 33.1 Å². The van der Waals surface area contributed by atoms with Gasteiger partial charge in [0, 0.05) is 50.6 Å². The molecule has 0 radical (unpaired) electrons. The van der Waals surface area contributed by atoms with E-state index in [9.17, 15) is 9.18 Å². The fraction of sp³-hybridized carbons (Fsp3) is 0.950. The van der Waals surface area contributed by atoms with Crippen LogP contribution in [0.3, 0.4) is 0 Å². The number of nitrogens with zero attached hydrogens (tertiary/aromatic N) is 1. The molecule has 2 heterocycles. The number of halogens is 2. The normalized spacial score (nSPS) is 41.4. The molecule has 160 valence electrons. The van der Waals surface area contributed by atoms with Gasteiger partial charge in [-0.3, -0.25) is 15.0 Å². The van der Waals surface area contributed by atoms with Crippen LogP contribution in [0.15, 0.2) is 0 Å². The van der Waals surface area contributed by atoms with Gasteiger partial charge in [-0.2, -0.15) is 0 Å². The third kappa shape index (κ3) is 4.64. The number of hydrogen-bond donors (Lipinski definition) is 4. The Morgan fingerprint density at radius 2 is 2.04 bits per heavy atom. The van der Waals surface area contributed by atoms with Crippen LogP contribution >= 0.6 is 11.6 Å². The second-order valence-corrected chi connectivity index (χ2v) is 9.85. The zero-order valence-electron chi connectivity index (χ0n) is 16.9. The van der Waals surface area contributed by atoms with Crippen LogP contribution in [0.1, 0.15) is 39.0 Å². The Bertz CT molecular complexity index is 557. The Labute approximate surface area is 172 Å². The van der Waals surface area contributed by atoms with Crippen LogP contribution in [0.5, 0.6) is 0 Å². The molecule has 6 atom stereocenters. The summed E-state index contributed by atoms with van der Waals surface area (Å²) in [5, 5.41) is 14.0. The number of rotatable bonds is 5. The Morgan fingerprint density at radius 1 is 1.29 bits per heavy atom. The first-order valence-corrected chi connectivity index (χ1v) is 11.5. The molecule has 0 bridgehead atoms. The van der Waals surface area contributed by atoms with E-state index in [0.29, 0.717) is 31.2 Å². The zero-order chi connectivity index (χ0) is 19.7. The van der Waals surface area contributed by atoms with Gasteiger partial charge in [0.25, 0.3) is 5.91 Å². The van der Waals surface area contributed by atoms with Gasteiger partial charge in [-0.15, -0.1) is 11.6 Å². The van der Waals surface area contributed by atoms with E-state index in [0.717, 1.165) is 39.1 Å². The predicted molar refractivity (Wildman–Crippen MR) is 109 cm³/mol. The molecule has 0 spiro atoms. The van der Waals surface area contributed by atoms with Crippen molar-refractivity contribution in [1.82, 2.24) is 26.2 Å². The third-order valence-electron chi connectivity index (χ3n) is 7.17. The van der Waals surface area contributed by atoms with Crippen molar-refractivity contribution in [2.45, 2.75) is 62.4 Å². The van der Waals surface area contributed by atoms with Gasteiger partial charge in [0.1, 0.15) is 0 Å². The lowest BCUT2D eigenvalue weighted by atomic mass is 9.80. The van der Waals surface area contributed by atoms with Crippen LogP contribution in [0.4, 0.5) is 4.39 Å². The minimum absolute atomic E-state index is 0.191. The number of piperazine rings is 1. The second kappa shape index (κ2) is 8.72. The van der Waals surface area contributed by atoms with Gasteiger partial charge in [0.05, 0.1) is 12.3 Å². The molecule has 4 aliphatic rings. The summed E-state index contributed by atoms with van der Waals surface area (Å²) in [6.07, 6.45) is 4.57. The topological polar surface area (TPSA) is 68.4 Å². The quantitative estimate of drug-likeness (QED) is 0.505. The van der Waals surface area contributed by atoms with Crippen LogP contribution in [-0.2, 0) is 4.79 Å². The average molecular weight is 416 g/mol. The highest BCUT2D eigenvalue weighted by Crippen LogP contribution is 2.40. The Hall–Kier alpha value is -0.470. The molecule has 4 rings (SSSR count). The van der Waals surface area contributed by atoms with E-state index in [-0.39, 0.29) is 23.6 Å². The molecule has 4 fully saturated rings. The summed E-state index contributed by atoms with van der Waals surface area (Å²) in [6.45, 7) is 7.51. The molecule has 1 amide bonds. The van der Waals surface area contributed by atoms with Crippen molar-refractivity contribution in [3.8, 4) is 0 Å². The predicted octanol–water partition coefficient (Wildman–Crippen LogP) is 1.01.